The van der Waals surface area contributed by atoms with E-state index in [9.17, 15) is 14.9 Å². The summed E-state index contributed by atoms with van der Waals surface area (Å²) in [4.78, 5) is 22.3. The first kappa shape index (κ1) is 15.4. The van der Waals surface area contributed by atoms with E-state index in [4.69, 9.17) is 4.74 Å². The minimum Gasteiger partial charge on any atom is -0.381 e. The van der Waals surface area contributed by atoms with Gasteiger partial charge in [-0.05, 0) is 38.2 Å². The number of hydrogen-bond donors (Lipinski definition) is 1. The first-order chi connectivity index (χ1) is 10.1. The molecule has 1 N–H and O–H groups in total. The van der Waals surface area contributed by atoms with Gasteiger partial charge in [0, 0.05) is 37.0 Å². The van der Waals surface area contributed by atoms with Crippen molar-refractivity contribution in [1.82, 2.24) is 5.32 Å². The van der Waals surface area contributed by atoms with E-state index < -0.39 is 4.92 Å². The smallest absolute Gasteiger partial charge is 0.273 e. The fourth-order valence-electron chi connectivity index (χ4n) is 1.96. The van der Waals surface area contributed by atoms with Crippen LogP contribution in [0.1, 0.15) is 35.2 Å². The quantitative estimate of drug-likeness (QED) is 0.453. The molecule has 2 rings (SSSR count). The molecule has 0 radical (unpaired) electrons. The number of carbonyl (C=O) groups excluding carboxylic acids is 1. The molecule has 114 valence electrons. The molecule has 0 bridgehead atoms. The van der Waals surface area contributed by atoms with Crippen molar-refractivity contribution in [3.63, 3.8) is 0 Å². The summed E-state index contributed by atoms with van der Waals surface area (Å²) in [7, 11) is 0. The molecule has 21 heavy (non-hydrogen) atoms. The third kappa shape index (κ3) is 4.82. The Morgan fingerprint density at radius 2 is 2.24 bits per heavy atom. The van der Waals surface area contributed by atoms with Gasteiger partial charge in [0.2, 0.25) is 0 Å². The van der Waals surface area contributed by atoms with Gasteiger partial charge < -0.3 is 10.1 Å². The van der Waals surface area contributed by atoms with E-state index in [0.29, 0.717) is 24.3 Å². The SMILES string of the molecule is Cc1ccc(C(=O)NCCCOCC2CC2)cc1[N+](=O)[O-]. The molecule has 1 saturated carbocycles. The first-order valence-corrected chi connectivity index (χ1v) is 7.19. The van der Waals surface area contributed by atoms with Crippen LogP contribution in [0.25, 0.3) is 0 Å². The number of hydrogen-bond acceptors (Lipinski definition) is 4. The second-order valence-corrected chi connectivity index (χ2v) is 5.39. The van der Waals surface area contributed by atoms with Crippen molar-refractivity contribution < 1.29 is 14.5 Å². The Kier molecular flexibility index (Phi) is 5.27. The molecule has 1 aromatic carbocycles. The summed E-state index contributed by atoms with van der Waals surface area (Å²) in [6.45, 7) is 3.60. The van der Waals surface area contributed by atoms with Gasteiger partial charge in [0.1, 0.15) is 0 Å². The first-order valence-electron chi connectivity index (χ1n) is 7.19. The van der Waals surface area contributed by atoms with Gasteiger partial charge in [-0.25, -0.2) is 0 Å². The van der Waals surface area contributed by atoms with Crippen molar-refractivity contribution in [2.45, 2.75) is 26.2 Å². The molecule has 0 spiro atoms. The van der Waals surface area contributed by atoms with Crippen LogP contribution in [0.3, 0.4) is 0 Å². The molecule has 6 nitrogen and oxygen atoms in total. The third-order valence-corrected chi connectivity index (χ3v) is 3.47. The molecule has 0 aliphatic heterocycles. The summed E-state index contributed by atoms with van der Waals surface area (Å²) >= 11 is 0. The summed E-state index contributed by atoms with van der Waals surface area (Å²) in [5.41, 5.74) is 0.826. The summed E-state index contributed by atoms with van der Waals surface area (Å²) in [5, 5.41) is 13.6. The van der Waals surface area contributed by atoms with Crippen molar-refractivity contribution >= 4 is 11.6 Å². The van der Waals surface area contributed by atoms with Gasteiger partial charge in [0.05, 0.1) is 4.92 Å². The third-order valence-electron chi connectivity index (χ3n) is 3.47. The molecular weight excluding hydrogens is 272 g/mol. The monoisotopic (exact) mass is 292 g/mol. The van der Waals surface area contributed by atoms with E-state index in [1.165, 1.54) is 18.9 Å². The zero-order chi connectivity index (χ0) is 15.2. The Labute approximate surface area is 123 Å². The number of nitrogens with one attached hydrogen (secondary N) is 1. The number of nitrogens with zero attached hydrogens (tertiary/aromatic N) is 1. The van der Waals surface area contributed by atoms with Gasteiger partial charge in [0.25, 0.3) is 11.6 Å². The lowest BCUT2D eigenvalue weighted by atomic mass is 10.1. The van der Waals surface area contributed by atoms with E-state index in [0.717, 1.165) is 18.9 Å². The van der Waals surface area contributed by atoms with Crippen molar-refractivity contribution in [2.75, 3.05) is 19.8 Å². The second-order valence-electron chi connectivity index (χ2n) is 5.39. The number of aryl methyl sites for hydroxylation is 1. The Balaban J connectivity index is 1.74. The topological polar surface area (TPSA) is 81.5 Å². The summed E-state index contributed by atoms with van der Waals surface area (Å²) in [6.07, 6.45) is 3.28. The summed E-state index contributed by atoms with van der Waals surface area (Å²) in [6, 6.07) is 4.50. The number of benzene rings is 1. The van der Waals surface area contributed by atoms with Gasteiger partial charge in [-0.1, -0.05) is 6.07 Å². The van der Waals surface area contributed by atoms with Gasteiger partial charge >= 0.3 is 0 Å². The molecule has 0 saturated heterocycles. The van der Waals surface area contributed by atoms with Crippen LogP contribution in [0.15, 0.2) is 18.2 Å². The Morgan fingerprint density at radius 1 is 1.48 bits per heavy atom. The van der Waals surface area contributed by atoms with Crippen LogP contribution in [0.2, 0.25) is 0 Å². The summed E-state index contributed by atoms with van der Waals surface area (Å²) < 4.78 is 5.47. The van der Waals surface area contributed by atoms with Crippen molar-refractivity contribution in [3.05, 3.63) is 39.4 Å². The lowest BCUT2D eigenvalue weighted by molar-refractivity contribution is -0.385. The number of rotatable bonds is 8. The lowest BCUT2D eigenvalue weighted by Gasteiger charge is -2.06. The number of amides is 1. The highest BCUT2D eigenvalue weighted by molar-refractivity contribution is 5.94. The standard InChI is InChI=1S/C15H20N2O4/c1-11-3-6-13(9-14(11)17(19)20)15(18)16-7-2-8-21-10-12-4-5-12/h3,6,9,12H,2,4-5,7-8,10H2,1H3,(H,16,18). The molecule has 0 heterocycles. The van der Waals surface area contributed by atoms with Crippen LogP contribution in [0, 0.1) is 23.0 Å². The van der Waals surface area contributed by atoms with E-state index in [2.05, 4.69) is 5.32 Å². The van der Waals surface area contributed by atoms with Crippen molar-refractivity contribution in [3.8, 4) is 0 Å². The Morgan fingerprint density at radius 3 is 2.90 bits per heavy atom. The fourth-order valence-corrected chi connectivity index (χ4v) is 1.96. The molecule has 1 aliphatic rings. The zero-order valence-corrected chi connectivity index (χ0v) is 12.1. The van der Waals surface area contributed by atoms with Crippen molar-refractivity contribution in [1.29, 1.82) is 0 Å². The molecule has 1 amide bonds. The number of ether oxygens (including phenoxy) is 1. The van der Waals surface area contributed by atoms with E-state index in [1.54, 1.807) is 19.1 Å². The maximum absolute atomic E-state index is 11.9. The Hall–Kier alpha value is -1.95. The summed E-state index contributed by atoms with van der Waals surface area (Å²) in [5.74, 6) is 0.452. The fraction of sp³-hybridized carbons (Fsp3) is 0.533. The van der Waals surface area contributed by atoms with E-state index in [-0.39, 0.29) is 11.6 Å². The van der Waals surface area contributed by atoms with Crippen LogP contribution >= 0.6 is 0 Å². The molecule has 6 heteroatoms. The molecular formula is C15H20N2O4. The minimum atomic E-state index is -0.474. The zero-order valence-electron chi connectivity index (χ0n) is 12.1. The van der Waals surface area contributed by atoms with E-state index in [1.807, 2.05) is 0 Å². The highest BCUT2D eigenvalue weighted by atomic mass is 16.6. The number of nitro groups is 1. The molecule has 0 unspecified atom stereocenters. The lowest BCUT2D eigenvalue weighted by Crippen LogP contribution is -2.25. The minimum absolute atomic E-state index is 0.0320. The number of nitro benzene ring substituents is 1. The highest BCUT2D eigenvalue weighted by Crippen LogP contribution is 2.28. The molecule has 0 atom stereocenters. The largest absolute Gasteiger partial charge is 0.381 e. The van der Waals surface area contributed by atoms with Crippen LogP contribution in [-0.4, -0.2) is 30.6 Å². The van der Waals surface area contributed by atoms with Gasteiger partial charge in [0.15, 0.2) is 0 Å². The van der Waals surface area contributed by atoms with Crippen LogP contribution in [0.4, 0.5) is 5.69 Å². The molecule has 1 aliphatic carbocycles. The average molecular weight is 292 g/mol. The predicted molar refractivity (Wildman–Crippen MR) is 78.3 cm³/mol. The maximum atomic E-state index is 11.9. The second kappa shape index (κ2) is 7.17. The molecule has 1 aromatic rings. The molecule has 1 fully saturated rings. The Bertz CT molecular complexity index is 526. The average Bonchev–Trinajstić information content (AvgIpc) is 3.26. The van der Waals surface area contributed by atoms with E-state index >= 15 is 0 Å². The predicted octanol–water partition coefficient (Wildman–Crippen LogP) is 2.45. The van der Waals surface area contributed by atoms with Gasteiger partial charge in [-0.2, -0.15) is 0 Å². The van der Waals surface area contributed by atoms with Gasteiger partial charge in [-0.15, -0.1) is 0 Å². The highest BCUT2D eigenvalue weighted by Gasteiger charge is 2.20. The maximum Gasteiger partial charge on any atom is 0.273 e. The van der Waals surface area contributed by atoms with Crippen LogP contribution < -0.4 is 5.32 Å². The van der Waals surface area contributed by atoms with Crippen LogP contribution in [0.5, 0.6) is 0 Å². The normalized spacial score (nSPS) is 14.0. The number of carbonyl (C=O) groups is 1. The van der Waals surface area contributed by atoms with Gasteiger partial charge in [-0.3, -0.25) is 14.9 Å². The van der Waals surface area contributed by atoms with Crippen molar-refractivity contribution in [2.24, 2.45) is 5.92 Å². The van der Waals surface area contributed by atoms with Crippen LogP contribution in [-0.2, 0) is 4.74 Å². The molecule has 0 aromatic heterocycles.